The van der Waals surface area contributed by atoms with Crippen LogP contribution in [0.5, 0.6) is 11.5 Å². The van der Waals surface area contributed by atoms with Gasteiger partial charge in [-0.3, -0.25) is 4.79 Å². The molecule has 0 radical (unpaired) electrons. The van der Waals surface area contributed by atoms with Crippen LogP contribution in [0.15, 0.2) is 78.9 Å². The topological polar surface area (TPSA) is 76.0 Å². The van der Waals surface area contributed by atoms with Gasteiger partial charge in [-0.2, -0.15) is 0 Å². The molecular weight excluding hydrogens is 504 g/mol. The van der Waals surface area contributed by atoms with Crippen molar-refractivity contribution in [1.82, 2.24) is 14.4 Å². The Balaban J connectivity index is 1.39. The molecular formula is C32H34N4O4. The highest BCUT2D eigenvalue weighted by Crippen LogP contribution is 2.32. The van der Waals surface area contributed by atoms with Crippen molar-refractivity contribution >= 4 is 17.6 Å². The standard InChI is InChI=1S/C32H34N4O4/c1-22-8-5-6-11-29(22)33-32(38)35-18-16-34(17-19-35)31(37)28-21-30(24-12-14-26(39-3)15-13-24)36(23(28)2)25-9-7-10-27(20-25)40-4/h5-15,20-21H,16-19H2,1-4H3,(H,33,38). The number of amides is 3. The zero-order chi connectivity index (χ0) is 28.2. The van der Waals surface area contributed by atoms with Crippen molar-refractivity contribution in [2.24, 2.45) is 0 Å². The average molecular weight is 539 g/mol. The number of nitrogens with one attached hydrogen (secondary N) is 1. The van der Waals surface area contributed by atoms with Crippen LogP contribution in [-0.4, -0.2) is 66.7 Å². The van der Waals surface area contributed by atoms with Crippen molar-refractivity contribution in [3.05, 3.63) is 95.7 Å². The molecule has 3 amide bonds. The zero-order valence-corrected chi connectivity index (χ0v) is 23.3. The number of carbonyl (C=O) groups excluding carboxylic acids is 2. The summed E-state index contributed by atoms with van der Waals surface area (Å²) in [6.07, 6.45) is 0. The Kier molecular flexibility index (Phi) is 7.77. The Labute approximate surface area is 234 Å². The summed E-state index contributed by atoms with van der Waals surface area (Å²) in [5, 5.41) is 2.99. The summed E-state index contributed by atoms with van der Waals surface area (Å²) in [6.45, 7) is 5.77. The third-order valence-electron chi connectivity index (χ3n) is 7.42. The number of anilines is 1. The summed E-state index contributed by atoms with van der Waals surface area (Å²) in [6, 6.07) is 25.1. The second kappa shape index (κ2) is 11.6. The number of nitrogens with zero attached hydrogens (tertiary/aromatic N) is 3. The van der Waals surface area contributed by atoms with Gasteiger partial charge in [0.25, 0.3) is 5.91 Å². The molecule has 4 aromatic rings. The molecule has 1 saturated heterocycles. The highest BCUT2D eigenvalue weighted by Gasteiger charge is 2.28. The SMILES string of the molecule is COc1ccc(-c2cc(C(=O)N3CCN(C(=O)Nc4ccccc4C)CC3)c(C)n2-c2cccc(OC)c2)cc1. The van der Waals surface area contributed by atoms with E-state index in [9.17, 15) is 9.59 Å². The van der Waals surface area contributed by atoms with Crippen molar-refractivity contribution in [2.45, 2.75) is 13.8 Å². The summed E-state index contributed by atoms with van der Waals surface area (Å²) in [7, 11) is 3.28. The number of hydrogen-bond donors (Lipinski definition) is 1. The van der Waals surface area contributed by atoms with E-state index in [1.54, 1.807) is 19.1 Å². The van der Waals surface area contributed by atoms with Crippen LogP contribution in [-0.2, 0) is 0 Å². The molecule has 1 fully saturated rings. The minimum absolute atomic E-state index is 0.0483. The first kappa shape index (κ1) is 26.9. The average Bonchev–Trinajstić information content (AvgIpc) is 3.34. The molecule has 1 N–H and O–H groups in total. The fourth-order valence-corrected chi connectivity index (χ4v) is 5.07. The van der Waals surface area contributed by atoms with Gasteiger partial charge < -0.3 is 29.2 Å². The van der Waals surface area contributed by atoms with Gasteiger partial charge in [0.1, 0.15) is 11.5 Å². The van der Waals surface area contributed by atoms with Crippen molar-refractivity contribution in [3.63, 3.8) is 0 Å². The number of aryl methyl sites for hydroxylation is 1. The Bertz CT molecular complexity index is 1520. The lowest BCUT2D eigenvalue weighted by atomic mass is 10.1. The Morgan fingerprint density at radius 1 is 0.750 bits per heavy atom. The van der Waals surface area contributed by atoms with Gasteiger partial charge in [0.05, 0.1) is 25.5 Å². The summed E-state index contributed by atoms with van der Waals surface area (Å²) < 4.78 is 12.9. The third kappa shape index (κ3) is 5.38. The Morgan fingerprint density at radius 2 is 1.43 bits per heavy atom. The van der Waals surface area contributed by atoms with Crippen LogP contribution >= 0.6 is 0 Å². The van der Waals surface area contributed by atoms with Crippen molar-refractivity contribution < 1.29 is 19.1 Å². The van der Waals surface area contributed by atoms with Crippen molar-refractivity contribution in [3.8, 4) is 28.4 Å². The summed E-state index contributed by atoms with van der Waals surface area (Å²) in [5.74, 6) is 1.45. The molecule has 0 spiro atoms. The highest BCUT2D eigenvalue weighted by molar-refractivity contribution is 5.98. The molecule has 3 aromatic carbocycles. The van der Waals surface area contributed by atoms with Gasteiger partial charge in [-0.15, -0.1) is 0 Å². The predicted molar refractivity (Wildman–Crippen MR) is 157 cm³/mol. The molecule has 2 heterocycles. The second-order valence-electron chi connectivity index (χ2n) is 9.82. The molecule has 0 saturated carbocycles. The van der Waals surface area contributed by atoms with E-state index in [2.05, 4.69) is 9.88 Å². The van der Waals surface area contributed by atoms with E-state index in [0.29, 0.717) is 31.7 Å². The van der Waals surface area contributed by atoms with Crippen LogP contribution in [0.4, 0.5) is 10.5 Å². The van der Waals surface area contributed by atoms with E-state index in [-0.39, 0.29) is 11.9 Å². The van der Waals surface area contributed by atoms with Gasteiger partial charge in [-0.1, -0.05) is 24.3 Å². The highest BCUT2D eigenvalue weighted by atomic mass is 16.5. The van der Waals surface area contributed by atoms with Crippen molar-refractivity contribution in [2.75, 3.05) is 45.7 Å². The van der Waals surface area contributed by atoms with E-state index in [0.717, 1.165) is 45.4 Å². The smallest absolute Gasteiger partial charge is 0.321 e. The molecule has 1 aliphatic heterocycles. The predicted octanol–water partition coefficient (Wildman–Crippen LogP) is 5.77. The van der Waals surface area contributed by atoms with Gasteiger partial charge in [0.15, 0.2) is 0 Å². The Morgan fingerprint density at radius 3 is 2.10 bits per heavy atom. The molecule has 1 aliphatic rings. The minimum atomic E-state index is -0.149. The number of carbonyl (C=O) groups is 2. The first-order valence-electron chi connectivity index (χ1n) is 13.3. The molecule has 206 valence electrons. The fraction of sp³-hybridized carbons (Fsp3) is 0.250. The lowest BCUT2D eigenvalue weighted by Crippen LogP contribution is -2.51. The second-order valence-corrected chi connectivity index (χ2v) is 9.82. The largest absolute Gasteiger partial charge is 0.497 e. The van der Waals surface area contributed by atoms with Crippen LogP contribution in [0.25, 0.3) is 16.9 Å². The van der Waals surface area contributed by atoms with Crippen LogP contribution < -0.4 is 14.8 Å². The number of para-hydroxylation sites is 1. The zero-order valence-electron chi connectivity index (χ0n) is 23.3. The number of aromatic nitrogens is 1. The summed E-state index contributed by atoms with van der Waals surface area (Å²) in [4.78, 5) is 30.3. The summed E-state index contributed by atoms with van der Waals surface area (Å²) >= 11 is 0. The first-order chi connectivity index (χ1) is 19.4. The number of benzene rings is 3. The van der Waals surface area contributed by atoms with E-state index in [1.807, 2.05) is 97.6 Å². The number of ether oxygens (including phenoxy) is 2. The first-order valence-corrected chi connectivity index (χ1v) is 13.3. The van der Waals surface area contributed by atoms with Gasteiger partial charge in [-0.05, 0) is 73.5 Å². The van der Waals surface area contributed by atoms with E-state index < -0.39 is 0 Å². The number of urea groups is 1. The minimum Gasteiger partial charge on any atom is -0.497 e. The molecule has 0 bridgehead atoms. The number of methoxy groups -OCH3 is 2. The van der Waals surface area contributed by atoms with Gasteiger partial charge in [0.2, 0.25) is 0 Å². The van der Waals surface area contributed by atoms with Crippen LogP contribution in [0.2, 0.25) is 0 Å². The molecule has 40 heavy (non-hydrogen) atoms. The Hall–Kier alpha value is -4.72. The maximum absolute atomic E-state index is 13.8. The van der Waals surface area contributed by atoms with Gasteiger partial charge in [0, 0.05) is 49.3 Å². The van der Waals surface area contributed by atoms with E-state index in [1.165, 1.54) is 0 Å². The lowest BCUT2D eigenvalue weighted by Gasteiger charge is -2.34. The monoisotopic (exact) mass is 538 g/mol. The van der Waals surface area contributed by atoms with Gasteiger partial charge in [-0.25, -0.2) is 4.79 Å². The van der Waals surface area contributed by atoms with Gasteiger partial charge >= 0.3 is 6.03 Å². The molecule has 5 rings (SSSR count). The number of hydrogen-bond acceptors (Lipinski definition) is 4. The van der Waals surface area contributed by atoms with Crippen LogP contribution in [0.1, 0.15) is 21.6 Å². The lowest BCUT2D eigenvalue weighted by molar-refractivity contribution is 0.0671. The molecule has 0 aliphatic carbocycles. The quantitative estimate of drug-likeness (QED) is 0.338. The molecule has 0 atom stereocenters. The molecule has 8 heteroatoms. The maximum atomic E-state index is 13.8. The maximum Gasteiger partial charge on any atom is 0.321 e. The molecule has 8 nitrogen and oxygen atoms in total. The fourth-order valence-electron chi connectivity index (χ4n) is 5.07. The van der Waals surface area contributed by atoms with Crippen LogP contribution in [0.3, 0.4) is 0 Å². The van der Waals surface area contributed by atoms with E-state index >= 15 is 0 Å². The number of rotatable bonds is 6. The summed E-state index contributed by atoms with van der Waals surface area (Å²) in [5.41, 5.74) is 6.03. The normalized spacial score (nSPS) is 13.2. The third-order valence-corrected chi connectivity index (χ3v) is 7.42. The molecule has 0 unspecified atom stereocenters. The number of piperazine rings is 1. The van der Waals surface area contributed by atoms with E-state index in [4.69, 9.17) is 9.47 Å². The molecule has 1 aromatic heterocycles. The van der Waals surface area contributed by atoms with Crippen molar-refractivity contribution in [1.29, 1.82) is 0 Å². The van der Waals surface area contributed by atoms with Crippen LogP contribution in [0, 0.1) is 13.8 Å².